The van der Waals surface area contributed by atoms with Crippen LogP contribution in [0.3, 0.4) is 0 Å². The topological polar surface area (TPSA) is 93.7 Å². The van der Waals surface area contributed by atoms with E-state index in [2.05, 4.69) is 10.6 Å². The molecule has 2 amide bonds. The molecule has 0 spiro atoms. The van der Waals surface area contributed by atoms with Gasteiger partial charge < -0.3 is 20.1 Å². The average Bonchev–Trinajstić information content (AvgIpc) is 2.69. The maximum Gasteiger partial charge on any atom is 0.325 e. The van der Waals surface area contributed by atoms with Gasteiger partial charge in [0.25, 0.3) is 11.8 Å². The van der Waals surface area contributed by atoms with Crippen molar-refractivity contribution in [3.8, 4) is 5.75 Å². The Hall–Kier alpha value is -3.06. The SMILES string of the molecule is CCOc1ccc(C(=O)NCC(=O)OCC(=O)Nc2cccc(Cl)c2C)cc1. The molecule has 2 aromatic rings. The molecule has 0 aliphatic heterocycles. The van der Waals surface area contributed by atoms with E-state index < -0.39 is 24.4 Å². The summed E-state index contributed by atoms with van der Waals surface area (Å²) in [6.07, 6.45) is 0. The van der Waals surface area contributed by atoms with Crippen LogP contribution in [0.5, 0.6) is 5.75 Å². The smallest absolute Gasteiger partial charge is 0.325 e. The Morgan fingerprint density at radius 3 is 2.46 bits per heavy atom. The summed E-state index contributed by atoms with van der Waals surface area (Å²) in [7, 11) is 0. The van der Waals surface area contributed by atoms with E-state index in [1.807, 2.05) is 6.92 Å². The lowest BCUT2D eigenvalue weighted by Crippen LogP contribution is -2.32. The Kier molecular flexibility index (Phi) is 7.83. The summed E-state index contributed by atoms with van der Waals surface area (Å²) in [6.45, 7) is 3.34. The van der Waals surface area contributed by atoms with E-state index in [4.69, 9.17) is 21.1 Å². The van der Waals surface area contributed by atoms with Gasteiger partial charge in [-0.25, -0.2) is 0 Å². The third kappa shape index (κ3) is 6.28. The number of esters is 1. The van der Waals surface area contributed by atoms with Crippen molar-refractivity contribution in [3.05, 3.63) is 58.6 Å². The van der Waals surface area contributed by atoms with E-state index >= 15 is 0 Å². The summed E-state index contributed by atoms with van der Waals surface area (Å²) in [5.41, 5.74) is 1.63. The molecule has 2 rings (SSSR count). The minimum atomic E-state index is -0.725. The van der Waals surface area contributed by atoms with Crippen LogP contribution in [0.25, 0.3) is 0 Å². The number of halogens is 1. The minimum Gasteiger partial charge on any atom is -0.494 e. The number of anilines is 1. The lowest BCUT2D eigenvalue weighted by atomic mass is 10.2. The van der Waals surface area contributed by atoms with Gasteiger partial charge in [0.2, 0.25) is 0 Å². The first-order valence-electron chi connectivity index (χ1n) is 8.62. The second-order valence-corrected chi connectivity index (χ2v) is 6.17. The number of hydrogen-bond acceptors (Lipinski definition) is 5. The second kappa shape index (κ2) is 10.3. The van der Waals surface area contributed by atoms with Crippen molar-refractivity contribution in [2.45, 2.75) is 13.8 Å². The maximum atomic E-state index is 12.0. The van der Waals surface area contributed by atoms with E-state index in [1.54, 1.807) is 49.4 Å². The number of hydrogen-bond donors (Lipinski definition) is 2. The quantitative estimate of drug-likeness (QED) is 0.660. The van der Waals surface area contributed by atoms with E-state index in [9.17, 15) is 14.4 Å². The van der Waals surface area contributed by atoms with Crippen molar-refractivity contribution in [2.24, 2.45) is 0 Å². The lowest BCUT2D eigenvalue weighted by molar-refractivity contribution is -0.146. The van der Waals surface area contributed by atoms with Crippen LogP contribution in [0.2, 0.25) is 5.02 Å². The summed E-state index contributed by atoms with van der Waals surface area (Å²) in [5.74, 6) is -1.01. The van der Waals surface area contributed by atoms with Crippen LogP contribution in [-0.4, -0.2) is 37.5 Å². The van der Waals surface area contributed by atoms with Gasteiger partial charge in [-0.3, -0.25) is 14.4 Å². The number of carbonyl (C=O) groups is 3. The number of rotatable bonds is 8. The molecule has 0 heterocycles. The molecule has 0 aromatic heterocycles. The normalized spacial score (nSPS) is 10.1. The fourth-order valence-corrected chi connectivity index (χ4v) is 2.42. The van der Waals surface area contributed by atoms with Crippen LogP contribution in [0, 0.1) is 6.92 Å². The van der Waals surface area contributed by atoms with Crippen molar-refractivity contribution < 1.29 is 23.9 Å². The van der Waals surface area contributed by atoms with Gasteiger partial charge in [-0.1, -0.05) is 17.7 Å². The zero-order valence-electron chi connectivity index (χ0n) is 15.6. The highest BCUT2D eigenvalue weighted by Gasteiger charge is 2.12. The molecule has 0 bridgehead atoms. The molecule has 0 saturated carbocycles. The van der Waals surface area contributed by atoms with Crippen LogP contribution in [0.1, 0.15) is 22.8 Å². The van der Waals surface area contributed by atoms with Crippen molar-refractivity contribution in [1.29, 1.82) is 0 Å². The highest BCUT2D eigenvalue weighted by molar-refractivity contribution is 6.31. The minimum absolute atomic E-state index is 0.352. The van der Waals surface area contributed by atoms with Gasteiger partial charge in [-0.15, -0.1) is 0 Å². The summed E-state index contributed by atoms with van der Waals surface area (Å²) in [5, 5.41) is 5.57. The first-order valence-corrected chi connectivity index (χ1v) is 9.00. The predicted octanol–water partition coefficient (Wildman–Crippen LogP) is 2.96. The predicted molar refractivity (Wildman–Crippen MR) is 106 cm³/mol. The molecule has 28 heavy (non-hydrogen) atoms. The fraction of sp³-hybridized carbons (Fsp3) is 0.250. The van der Waals surface area contributed by atoms with Crippen molar-refractivity contribution in [3.63, 3.8) is 0 Å². The van der Waals surface area contributed by atoms with Crippen LogP contribution < -0.4 is 15.4 Å². The van der Waals surface area contributed by atoms with Gasteiger partial charge in [-0.05, 0) is 55.8 Å². The largest absolute Gasteiger partial charge is 0.494 e. The van der Waals surface area contributed by atoms with Crippen molar-refractivity contribution in [2.75, 3.05) is 25.1 Å². The summed E-state index contributed by atoms with van der Waals surface area (Å²) >= 11 is 5.99. The van der Waals surface area contributed by atoms with Crippen molar-refractivity contribution >= 4 is 35.1 Å². The van der Waals surface area contributed by atoms with Gasteiger partial charge in [0.05, 0.1) is 6.61 Å². The zero-order valence-corrected chi connectivity index (χ0v) is 16.3. The van der Waals surface area contributed by atoms with E-state index in [0.717, 1.165) is 0 Å². The molecule has 148 valence electrons. The number of ether oxygens (including phenoxy) is 2. The van der Waals surface area contributed by atoms with Crippen LogP contribution in [0.4, 0.5) is 5.69 Å². The molecule has 0 atom stereocenters. The number of benzene rings is 2. The standard InChI is InChI=1S/C20H21ClN2O5/c1-3-27-15-9-7-14(8-10-15)20(26)22-11-19(25)28-12-18(24)23-17-6-4-5-16(21)13(17)2/h4-10H,3,11-12H2,1-2H3,(H,22,26)(H,23,24). The Labute approximate surface area is 168 Å². The third-order valence-electron chi connectivity index (χ3n) is 3.73. The molecule has 7 nitrogen and oxygen atoms in total. The molecule has 0 aliphatic carbocycles. The van der Waals surface area contributed by atoms with Crippen LogP contribution >= 0.6 is 11.6 Å². The number of nitrogens with one attached hydrogen (secondary N) is 2. The Balaban J connectivity index is 1.75. The molecule has 0 saturated heterocycles. The first-order chi connectivity index (χ1) is 13.4. The van der Waals surface area contributed by atoms with Crippen LogP contribution in [-0.2, 0) is 14.3 Å². The van der Waals surface area contributed by atoms with Gasteiger partial charge >= 0.3 is 5.97 Å². The summed E-state index contributed by atoms with van der Waals surface area (Å²) in [4.78, 5) is 35.6. The van der Waals surface area contributed by atoms with Crippen molar-refractivity contribution in [1.82, 2.24) is 5.32 Å². The molecule has 0 unspecified atom stereocenters. The Morgan fingerprint density at radius 2 is 1.79 bits per heavy atom. The molecule has 8 heteroatoms. The fourth-order valence-electron chi connectivity index (χ4n) is 2.25. The molecule has 2 N–H and O–H groups in total. The van der Waals surface area contributed by atoms with E-state index in [-0.39, 0.29) is 6.54 Å². The molecule has 2 aromatic carbocycles. The highest BCUT2D eigenvalue weighted by atomic mass is 35.5. The van der Waals surface area contributed by atoms with Gasteiger partial charge in [0, 0.05) is 16.3 Å². The molecule has 0 fully saturated rings. The molecule has 0 aliphatic rings. The van der Waals surface area contributed by atoms with E-state index in [0.29, 0.717) is 34.2 Å². The van der Waals surface area contributed by atoms with Gasteiger partial charge in [0.1, 0.15) is 12.3 Å². The third-order valence-corrected chi connectivity index (χ3v) is 4.14. The first kappa shape index (κ1) is 21.2. The number of carbonyl (C=O) groups excluding carboxylic acids is 3. The number of amides is 2. The van der Waals surface area contributed by atoms with Gasteiger partial charge in [-0.2, -0.15) is 0 Å². The zero-order chi connectivity index (χ0) is 20.5. The summed E-state index contributed by atoms with van der Waals surface area (Å²) in [6, 6.07) is 11.6. The van der Waals surface area contributed by atoms with Crippen LogP contribution in [0.15, 0.2) is 42.5 Å². The molecular weight excluding hydrogens is 384 g/mol. The van der Waals surface area contributed by atoms with Gasteiger partial charge in [0.15, 0.2) is 6.61 Å². The molecular formula is C20H21ClN2O5. The highest BCUT2D eigenvalue weighted by Crippen LogP contribution is 2.22. The lowest BCUT2D eigenvalue weighted by Gasteiger charge is -2.10. The maximum absolute atomic E-state index is 12.0. The second-order valence-electron chi connectivity index (χ2n) is 5.76. The Bertz CT molecular complexity index is 852. The Morgan fingerprint density at radius 1 is 1.07 bits per heavy atom. The average molecular weight is 405 g/mol. The summed E-state index contributed by atoms with van der Waals surface area (Å²) < 4.78 is 10.2. The van der Waals surface area contributed by atoms with E-state index in [1.165, 1.54) is 0 Å². The monoisotopic (exact) mass is 404 g/mol. The molecule has 0 radical (unpaired) electrons.